The van der Waals surface area contributed by atoms with Gasteiger partial charge in [-0.05, 0) is 12.5 Å². The average Bonchev–Trinajstić information content (AvgIpc) is 2.83. The second-order valence-electron chi connectivity index (χ2n) is 4.44. The predicted octanol–water partition coefficient (Wildman–Crippen LogP) is 1.76. The molecule has 2 aliphatic heterocycles. The molecule has 2 saturated heterocycles. The maximum atomic E-state index is 5.90. The molecule has 0 aliphatic carbocycles. The lowest BCUT2D eigenvalue weighted by Crippen LogP contribution is -2.29. The quantitative estimate of drug-likeness (QED) is 0.776. The number of fused-ring (bicyclic) bond motifs is 2. The van der Waals surface area contributed by atoms with Gasteiger partial charge in [0, 0.05) is 0 Å². The molecule has 1 aromatic rings. The second-order valence-corrected chi connectivity index (χ2v) is 4.44. The minimum absolute atomic E-state index is 0.107. The monoisotopic (exact) mass is 220 g/mol. The summed E-state index contributed by atoms with van der Waals surface area (Å²) in [7, 11) is 0. The minimum Gasteiger partial charge on any atom is -0.370 e. The van der Waals surface area contributed by atoms with Crippen molar-refractivity contribution >= 4 is 0 Å². The normalized spacial score (nSPS) is 36.8. The van der Waals surface area contributed by atoms with Crippen LogP contribution in [-0.4, -0.2) is 31.0 Å². The molecule has 1 aromatic carbocycles. The Kier molecular flexibility index (Phi) is 2.67. The largest absolute Gasteiger partial charge is 0.370 e. The van der Waals surface area contributed by atoms with Crippen LogP contribution in [0.25, 0.3) is 0 Å². The third-order valence-electron chi connectivity index (χ3n) is 3.28. The number of benzene rings is 1. The van der Waals surface area contributed by atoms with Crippen LogP contribution in [0.2, 0.25) is 0 Å². The van der Waals surface area contributed by atoms with Crippen LogP contribution in [0.5, 0.6) is 0 Å². The van der Waals surface area contributed by atoms with Crippen molar-refractivity contribution in [2.24, 2.45) is 0 Å². The van der Waals surface area contributed by atoms with Crippen LogP contribution in [0.3, 0.4) is 0 Å². The fourth-order valence-corrected chi connectivity index (χ4v) is 2.45. The van der Waals surface area contributed by atoms with Gasteiger partial charge < -0.3 is 14.2 Å². The van der Waals surface area contributed by atoms with E-state index in [0.29, 0.717) is 13.2 Å². The van der Waals surface area contributed by atoms with Crippen molar-refractivity contribution < 1.29 is 14.2 Å². The Morgan fingerprint density at radius 1 is 1.31 bits per heavy atom. The lowest BCUT2D eigenvalue weighted by Gasteiger charge is -2.17. The van der Waals surface area contributed by atoms with E-state index in [1.54, 1.807) is 0 Å². The molecule has 3 rings (SSSR count). The zero-order chi connectivity index (χ0) is 11.0. The van der Waals surface area contributed by atoms with E-state index in [4.69, 9.17) is 14.2 Å². The van der Waals surface area contributed by atoms with Crippen LogP contribution in [0.4, 0.5) is 0 Å². The van der Waals surface area contributed by atoms with Crippen LogP contribution in [-0.2, 0) is 20.8 Å². The Bertz CT molecular complexity index is 351. The highest BCUT2D eigenvalue weighted by Crippen LogP contribution is 2.33. The maximum Gasteiger partial charge on any atom is 0.115 e. The molecule has 2 bridgehead atoms. The van der Waals surface area contributed by atoms with Gasteiger partial charge in [-0.25, -0.2) is 0 Å². The smallest absolute Gasteiger partial charge is 0.115 e. The minimum atomic E-state index is 0.107. The third kappa shape index (κ3) is 1.75. The van der Waals surface area contributed by atoms with Crippen molar-refractivity contribution in [1.82, 2.24) is 0 Å². The molecular weight excluding hydrogens is 204 g/mol. The topological polar surface area (TPSA) is 27.7 Å². The van der Waals surface area contributed by atoms with Crippen molar-refractivity contribution in [1.29, 1.82) is 0 Å². The lowest BCUT2D eigenvalue weighted by atomic mass is 10.1. The highest BCUT2D eigenvalue weighted by molar-refractivity contribution is 5.13. The van der Waals surface area contributed by atoms with E-state index in [0.717, 1.165) is 0 Å². The molecule has 3 heteroatoms. The fraction of sp³-hybridized carbons (Fsp3) is 0.538. The number of ether oxygens (including phenoxy) is 3. The molecule has 2 heterocycles. The zero-order valence-electron chi connectivity index (χ0n) is 9.34. The molecule has 4 atom stereocenters. The number of rotatable bonds is 3. The molecule has 0 spiro atoms. The molecule has 2 fully saturated rings. The standard InChI is InChI=1S/C13H16O3/c1-9-12-13(11(16-9)8-15-12)14-7-10-5-3-2-4-6-10/h2-6,9,11-13H,7-8H2,1H3/t9-,11+,12+,13?/m0/s1. The second kappa shape index (κ2) is 4.17. The van der Waals surface area contributed by atoms with Gasteiger partial charge in [-0.2, -0.15) is 0 Å². The van der Waals surface area contributed by atoms with Gasteiger partial charge >= 0.3 is 0 Å². The molecule has 0 amide bonds. The molecule has 86 valence electrons. The summed E-state index contributed by atoms with van der Waals surface area (Å²) in [6.07, 6.45) is 0.521. The van der Waals surface area contributed by atoms with Gasteiger partial charge in [0.2, 0.25) is 0 Å². The van der Waals surface area contributed by atoms with Crippen molar-refractivity contribution in [2.45, 2.75) is 37.9 Å². The van der Waals surface area contributed by atoms with E-state index in [1.807, 2.05) is 25.1 Å². The van der Waals surface area contributed by atoms with E-state index < -0.39 is 0 Å². The van der Waals surface area contributed by atoms with Gasteiger partial charge in [0.1, 0.15) is 18.3 Å². The number of hydrogen-bond acceptors (Lipinski definition) is 3. The molecule has 0 N–H and O–H groups in total. The first-order chi connectivity index (χ1) is 7.84. The van der Waals surface area contributed by atoms with E-state index in [-0.39, 0.29) is 24.4 Å². The molecule has 1 unspecified atom stereocenters. The first kappa shape index (κ1) is 10.3. The Morgan fingerprint density at radius 3 is 2.75 bits per heavy atom. The van der Waals surface area contributed by atoms with E-state index in [9.17, 15) is 0 Å². The summed E-state index contributed by atoms with van der Waals surface area (Å²) in [5.41, 5.74) is 1.20. The van der Waals surface area contributed by atoms with Crippen molar-refractivity contribution in [2.75, 3.05) is 6.61 Å². The Balaban J connectivity index is 1.60. The van der Waals surface area contributed by atoms with E-state index in [2.05, 4.69) is 12.1 Å². The molecule has 0 saturated carbocycles. The van der Waals surface area contributed by atoms with Crippen LogP contribution in [0, 0.1) is 0 Å². The summed E-state index contributed by atoms with van der Waals surface area (Å²) >= 11 is 0. The van der Waals surface area contributed by atoms with Crippen LogP contribution < -0.4 is 0 Å². The summed E-state index contributed by atoms with van der Waals surface area (Å²) in [6.45, 7) is 3.36. The zero-order valence-corrected chi connectivity index (χ0v) is 9.34. The van der Waals surface area contributed by atoms with Gasteiger partial charge in [-0.3, -0.25) is 0 Å². The summed E-state index contributed by atoms with van der Waals surface area (Å²) in [6, 6.07) is 10.2. The predicted molar refractivity (Wildman–Crippen MR) is 59.1 cm³/mol. The van der Waals surface area contributed by atoms with Crippen LogP contribution >= 0.6 is 0 Å². The molecule has 2 aliphatic rings. The summed E-state index contributed by atoms with van der Waals surface area (Å²) in [5.74, 6) is 0. The Labute approximate surface area is 95.3 Å². The third-order valence-corrected chi connectivity index (χ3v) is 3.28. The van der Waals surface area contributed by atoms with E-state index in [1.165, 1.54) is 5.56 Å². The van der Waals surface area contributed by atoms with Gasteiger partial charge in [0.15, 0.2) is 0 Å². The van der Waals surface area contributed by atoms with Crippen LogP contribution in [0.1, 0.15) is 12.5 Å². The maximum absolute atomic E-state index is 5.90. The number of hydrogen-bond donors (Lipinski definition) is 0. The Hall–Kier alpha value is -0.900. The van der Waals surface area contributed by atoms with Gasteiger partial charge in [0.05, 0.1) is 19.3 Å². The summed E-state index contributed by atoms with van der Waals surface area (Å²) in [5, 5.41) is 0. The summed E-state index contributed by atoms with van der Waals surface area (Å²) in [4.78, 5) is 0. The van der Waals surface area contributed by atoms with Crippen molar-refractivity contribution in [3.05, 3.63) is 35.9 Å². The van der Waals surface area contributed by atoms with Crippen LogP contribution in [0.15, 0.2) is 30.3 Å². The van der Waals surface area contributed by atoms with Crippen molar-refractivity contribution in [3.63, 3.8) is 0 Å². The molecular formula is C13H16O3. The molecule has 0 radical (unpaired) electrons. The van der Waals surface area contributed by atoms with E-state index >= 15 is 0 Å². The highest BCUT2D eigenvalue weighted by Gasteiger charge is 2.49. The Morgan fingerprint density at radius 2 is 2.12 bits per heavy atom. The first-order valence-electron chi connectivity index (χ1n) is 5.77. The average molecular weight is 220 g/mol. The SMILES string of the molecule is C[C@@H]1O[C@@H]2CO[C@H]1C2OCc1ccccc1. The molecule has 16 heavy (non-hydrogen) atoms. The van der Waals surface area contributed by atoms with Gasteiger partial charge in [-0.1, -0.05) is 30.3 Å². The summed E-state index contributed by atoms with van der Waals surface area (Å²) < 4.78 is 17.2. The van der Waals surface area contributed by atoms with Gasteiger partial charge in [-0.15, -0.1) is 0 Å². The molecule has 0 aromatic heterocycles. The highest BCUT2D eigenvalue weighted by atomic mass is 16.6. The molecule has 3 nitrogen and oxygen atoms in total. The first-order valence-corrected chi connectivity index (χ1v) is 5.77. The van der Waals surface area contributed by atoms with Crippen molar-refractivity contribution in [3.8, 4) is 0 Å². The van der Waals surface area contributed by atoms with Gasteiger partial charge in [0.25, 0.3) is 0 Å². The fourth-order valence-electron chi connectivity index (χ4n) is 2.45. The lowest BCUT2D eigenvalue weighted by molar-refractivity contribution is -0.0839.